The van der Waals surface area contributed by atoms with Crippen LogP contribution in [0.5, 0.6) is 11.5 Å². The first kappa shape index (κ1) is 8.39. The lowest BCUT2D eigenvalue weighted by atomic mass is 10.3. The van der Waals surface area contributed by atoms with Crippen LogP contribution in [0.15, 0.2) is 18.2 Å². The SMILES string of the molecule is COc1cc([14C](=O)O)ccc1O. The van der Waals surface area contributed by atoms with Crippen molar-refractivity contribution in [3.8, 4) is 11.5 Å². The molecule has 1 aromatic carbocycles. The number of hydrogen-bond donors (Lipinski definition) is 2. The number of methoxy groups -OCH3 is 1. The van der Waals surface area contributed by atoms with Gasteiger partial charge in [0.25, 0.3) is 0 Å². The molecule has 0 aliphatic rings. The third-order valence-electron chi connectivity index (χ3n) is 1.43. The Balaban J connectivity index is 3.13. The molecule has 4 heteroatoms. The Morgan fingerprint density at radius 1 is 1.50 bits per heavy atom. The van der Waals surface area contributed by atoms with Crippen LogP contribution in [-0.4, -0.2) is 23.3 Å². The van der Waals surface area contributed by atoms with Crippen LogP contribution in [-0.2, 0) is 0 Å². The van der Waals surface area contributed by atoms with Crippen LogP contribution in [0.25, 0.3) is 0 Å². The zero-order valence-corrected chi connectivity index (χ0v) is 6.44. The molecule has 0 aliphatic heterocycles. The van der Waals surface area contributed by atoms with Gasteiger partial charge < -0.3 is 14.9 Å². The van der Waals surface area contributed by atoms with E-state index in [0.717, 1.165) is 0 Å². The maximum Gasteiger partial charge on any atom is 0.335 e. The molecule has 0 bridgehead atoms. The minimum absolute atomic E-state index is 0.0671. The van der Waals surface area contributed by atoms with E-state index in [1.54, 1.807) is 0 Å². The summed E-state index contributed by atoms with van der Waals surface area (Å²) in [6.07, 6.45) is 0. The molecule has 0 spiro atoms. The fourth-order valence-corrected chi connectivity index (χ4v) is 0.811. The lowest BCUT2D eigenvalue weighted by Gasteiger charge is -2.02. The summed E-state index contributed by atoms with van der Waals surface area (Å²) >= 11 is 0. The third-order valence-corrected chi connectivity index (χ3v) is 1.43. The fourth-order valence-electron chi connectivity index (χ4n) is 0.811. The van der Waals surface area contributed by atoms with Gasteiger partial charge in [0.15, 0.2) is 11.5 Å². The zero-order chi connectivity index (χ0) is 9.14. The molecule has 4 nitrogen and oxygen atoms in total. The number of carboxylic acids is 1. The van der Waals surface area contributed by atoms with Crippen molar-refractivity contribution in [3.63, 3.8) is 0 Å². The lowest BCUT2D eigenvalue weighted by Crippen LogP contribution is -1.96. The molecule has 0 aliphatic carbocycles. The molecule has 0 aromatic heterocycles. The van der Waals surface area contributed by atoms with Crippen LogP contribution >= 0.6 is 0 Å². The highest BCUT2D eigenvalue weighted by Gasteiger charge is 2.06. The molecule has 0 radical (unpaired) electrons. The number of ether oxygens (including phenoxy) is 1. The van der Waals surface area contributed by atoms with Crippen LogP contribution in [0.4, 0.5) is 0 Å². The number of aromatic hydroxyl groups is 1. The molecule has 1 rings (SSSR count). The molecule has 0 unspecified atom stereocenters. The second-order valence-corrected chi connectivity index (χ2v) is 2.19. The molecule has 0 fully saturated rings. The topological polar surface area (TPSA) is 66.8 Å². The molecule has 12 heavy (non-hydrogen) atoms. The van der Waals surface area contributed by atoms with E-state index in [9.17, 15) is 4.79 Å². The first-order valence-corrected chi connectivity index (χ1v) is 3.25. The van der Waals surface area contributed by atoms with Crippen molar-refractivity contribution < 1.29 is 19.7 Å². The summed E-state index contributed by atoms with van der Waals surface area (Å²) in [5, 5.41) is 17.7. The quantitative estimate of drug-likeness (QED) is 0.697. The normalized spacial score (nSPS) is 9.42. The van der Waals surface area contributed by atoms with E-state index in [1.165, 1.54) is 25.3 Å². The van der Waals surface area contributed by atoms with E-state index in [-0.39, 0.29) is 17.1 Å². The van der Waals surface area contributed by atoms with Crippen molar-refractivity contribution in [1.29, 1.82) is 0 Å². The summed E-state index contributed by atoms with van der Waals surface area (Å²) in [5.41, 5.74) is 0.0876. The van der Waals surface area contributed by atoms with Gasteiger partial charge in [-0.1, -0.05) is 0 Å². The van der Waals surface area contributed by atoms with Gasteiger partial charge in [-0.25, -0.2) is 4.79 Å². The molecular formula is C8H8O4. The lowest BCUT2D eigenvalue weighted by molar-refractivity contribution is 0.0696. The Morgan fingerprint density at radius 2 is 2.17 bits per heavy atom. The van der Waals surface area contributed by atoms with Gasteiger partial charge in [-0.15, -0.1) is 0 Å². The molecule has 0 atom stereocenters. The van der Waals surface area contributed by atoms with Gasteiger partial charge in [-0.05, 0) is 18.2 Å². The number of phenols is 1. The minimum atomic E-state index is -1.05. The van der Waals surface area contributed by atoms with Crippen molar-refractivity contribution >= 4 is 5.97 Å². The van der Waals surface area contributed by atoms with Gasteiger partial charge in [-0.3, -0.25) is 0 Å². The number of hydrogen-bond acceptors (Lipinski definition) is 3. The number of carbonyl (C=O) groups is 1. The number of carboxylic acid groups (broad SMARTS) is 1. The highest BCUT2D eigenvalue weighted by atomic mass is 16.6. The predicted octanol–water partition coefficient (Wildman–Crippen LogP) is 1.10. The van der Waals surface area contributed by atoms with Crippen molar-refractivity contribution in [2.75, 3.05) is 7.11 Å². The van der Waals surface area contributed by atoms with E-state index in [4.69, 9.17) is 14.9 Å². The summed E-state index contributed by atoms with van der Waals surface area (Å²) in [6, 6.07) is 3.85. The van der Waals surface area contributed by atoms with Gasteiger partial charge in [0.2, 0.25) is 0 Å². The van der Waals surface area contributed by atoms with Crippen LogP contribution < -0.4 is 4.74 Å². The molecular weight excluding hydrogens is 162 g/mol. The molecule has 0 amide bonds. The Morgan fingerprint density at radius 3 is 2.67 bits per heavy atom. The second-order valence-electron chi connectivity index (χ2n) is 2.19. The van der Waals surface area contributed by atoms with Gasteiger partial charge in [0, 0.05) is 0 Å². The van der Waals surface area contributed by atoms with E-state index in [1.807, 2.05) is 0 Å². The van der Waals surface area contributed by atoms with Crippen molar-refractivity contribution in [2.45, 2.75) is 0 Å². The van der Waals surface area contributed by atoms with E-state index < -0.39 is 5.97 Å². The second kappa shape index (κ2) is 3.13. The molecule has 0 saturated heterocycles. The molecule has 0 heterocycles. The maximum absolute atomic E-state index is 10.4. The number of benzene rings is 1. The van der Waals surface area contributed by atoms with Crippen LogP contribution in [0.2, 0.25) is 0 Å². The van der Waals surface area contributed by atoms with Crippen LogP contribution in [0.3, 0.4) is 0 Å². The van der Waals surface area contributed by atoms with E-state index in [2.05, 4.69) is 0 Å². The van der Waals surface area contributed by atoms with Crippen LogP contribution in [0.1, 0.15) is 10.4 Å². The minimum Gasteiger partial charge on any atom is -0.504 e. The molecule has 2 N–H and O–H groups in total. The number of rotatable bonds is 2. The van der Waals surface area contributed by atoms with Gasteiger partial charge in [0.05, 0.1) is 12.7 Å². The highest BCUT2D eigenvalue weighted by molar-refractivity contribution is 5.88. The molecule has 1 aromatic rings. The smallest absolute Gasteiger partial charge is 0.335 e. The Labute approximate surface area is 69.0 Å². The van der Waals surface area contributed by atoms with Crippen molar-refractivity contribution in [3.05, 3.63) is 23.8 Å². The predicted molar refractivity (Wildman–Crippen MR) is 41.6 cm³/mol. The van der Waals surface area contributed by atoms with Crippen molar-refractivity contribution in [1.82, 2.24) is 0 Å². The molecule has 0 saturated carbocycles. The summed E-state index contributed by atoms with van der Waals surface area (Å²) in [7, 11) is 1.36. The monoisotopic (exact) mass is 170 g/mol. The molecule has 64 valence electrons. The van der Waals surface area contributed by atoms with Gasteiger partial charge in [0.1, 0.15) is 0 Å². The van der Waals surface area contributed by atoms with Gasteiger partial charge >= 0.3 is 5.97 Å². The van der Waals surface area contributed by atoms with E-state index >= 15 is 0 Å². The summed E-state index contributed by atoms with van der Waals surface area (Å²) < 4.78 is 4.72. The average molecular weight is 170 g/mol. The maximum atomic E-state index is 10.4. The Bertz CT molecular complexity index is 306. The Kier molecular flexibility index (Phi) is 2.19. The zero-order valence-electron chi connectivity index (χ0n) is 6.44. The van der Waals surface area contributed by atoms with Crippen LogP contribution in [0, 0.1) is 0 Å². The first-order valence-electron chi connectivity index (χ1n) is 3.25. The van der Waals surface area contributed by atoms with Gasteiger partial charge in [-0.2, -0.15) is 0 Å². The number of aromatic carboxylic acids is 1. The summed E-state index contributed by atoms with van der Waals surface area (Å²) in [4.78, 5) is 10.4. The van der Waals surface area contributed by atoms with E-state index in [0.29, 0.717) is 0 Å². The summed E-state index contributed by atoms with van der Waals surface area (Å²) in [5.74, 6) is -0.953. The third kappa shape index (κ3) is 1.47. The van der Waals surface area contributed by atoms with Crippen molar-refractivity contribution in [2.24, 2.45) is 0 Å². The fraction of sp³-hybridized carbons (Fsp3) is 0.125. The first-order chi connectivity index (χ1) is 5.65. The largest absolute Gasteiger partial charge is 0.504 e. The highest BCUT2D eigenvalue weighted by Crippen LogP contribution is 2.25. The standard InChI is InChI=1S/C8H8O4/c1-12-7-4-5(8(10)11)2-3-6(7)9/h2-4,9H,1H3,(H,10,11)/i8+2. The average Bonchev–Trinajstić information content (AvgIpc) is 2.05. The summed E-state index contributed by atoms with van der Waals surface area (Å²) in [6.45, 7) is 0. The Hall–Kier alpha value is -1.71. The number of phenolic OH excluding ortho intramolecular Hbond substituents is 1.